The number of aromatic nitrogens is 1. The molecule has 0 amide bonds. The molecule has 1 aliphatic heterocycles. The van der Waals surface area contributed by atoms with E-state index in [1.807, 2.05) is 0 Å². The van der Waals surface area contributed by atoms with Crippen LogP contribution in [0.1, 0.15) is 39.3 Å². The molecule has 0 aliphatic carbocycles. The zero-order chi connectivity index (χ0) is 11.7. The van der Waals surface area contributed by atoms with Crippen molar-refractivity contribution in [1.29, 1.82) is 0 Å². The number of nitrogens with zero attached hydrogens (tertiary/aromatic N) is 2. The highest BCUT2D eigenvalue weighted by Gasteiger charge is 2.20. The van der Waals surface area contributed by atoms with Gasteiger partial charge < -0.3 is 10.2 Å². The summed E-state index contributed by atoms with van der Waals surface area (Å²) in [4.78, 5) is 7.15. The van der Waals surface area contributed by atoms with Crippen LogP contribution in [-0.4, -0.2) is 24.1 Å². The van der Waals surface area contributed by atoms with Crippen molar-refractivity contribution in [3.05, 3.63) is 17.8 Å². The molecule has 1 aromatic heterocycles. The lowest BCUT2D eigenvalue weighted by Gasteiger charge is -2.34. The highest BCUT2D eigenvalue weighted by atomic mass is 15.3. The summed E-state index contributed by atoms with van der Waals surface area (Å²) in [6.45, 7) is 10.9. The number of rotatable bonds is 2. The quantitative estimate of drug-likeness (QED) is 0.829. The maximum Gasteiger partial charge on any atom is 0.152 e. The Labute approximate surface area is 97.9 Å². The van der Waals surface area contributed by atoms with E-state index in [-0.39, 0.29) is 0 Å². The molecule has 3 heteroatoms. The molecule has 0 fully saturated rings. The van der Waals surface area contributed by atoms with E-state index in [1.165, 1.54) is 11.4 Å². The molecule has 0 saturated carbocycles. The van der Waals surface area contributed by atoms with E-state index in [1.54, 1.807) is 0 Å². The first-order valence-corrected chi connectivity index (χ1v) is 6.11. The van der Waals surface area contributed by atoms with Gasteiger partial charge in [-0.15, -0.1) is 0 Å². The van der Waals surface area contributed by atoms with E-state index in [0.717, 1.165) is 18.9 Å². The minimum absolute atomic E-state index is 0.487. The molecule has 0 unspecified atom stereocenters. The molecule has 0 radical (unpaired) electrons. The highest BCUT2D eigenvalue weighted by molar-refractivity contribution is 5.68. The molecule has 2 rings (SSSR count). The summed E-state index contributed by atoms with van der Waals surface area (Å²) in [5.41, 5.74) is 2.34. The fraction of sp³-hybridized carbons (Fsp3) is 0.615. The normalized spacial score (nSPS) is 15.2. The molecule has 0 spiro atoms. The van der Waals surface area contributed by atoms with Gasteiger partial charge >= 0.3 is 0 Å². The van der Waals surface area contributed by atoms with Gasteiger partial charge in [0.15, 0.2) is 5.82 Å². The van der Waals surface area contributed by atoms with Crippen molar-refractivity contribution >= 4 is 11.5 Å². The minimum atomic E-state index is 0.487. The van der Waals surface area contributed by atoms with Crippen LogP contribution in [0.4, 0.5) is 11.5 Å². The molecule has 2 heterocycles. The number of pyridine rings is 1. The Bertz CT molecular complexity index is 371. The number of fused-ring (bicyclic) bond motifs is 1. The molecule has 1 N–H and O–H groups in total. The second kappa shape index (κ2) is 4.32. The molecule has 88 valence electrons. The van der Waals surface area contributed by atoms with Crippen LogP contribution in [0.15, 0.2) is 12.1 Å². The van der Waals surface area contributed by atoms with E-state index >= 15 is 0 Å². The first-order chi connectivity index (χ1) is 7.59. The number of nitrogens with one attached hydrogen (secondary N) is 1. The third kappa shape index (κ3) is 1.99. The molecular weight excluding hydrogens is 198 g/mol. The van der Waals surface area contributed by atoms with Crippen molar-refractivity contribution in [2.45, 2.75) is 39.7 Å². The Morgan fingerprint density at radius 3 is 2.62 bits per heavy atom. The summed E-state index contributed by atoms with van der Waals surface area (Å²) >= 11 is 0. The average molecular weight is 219 g/mol. The predicted molar refractivity (Wildman–Crippen MR) is 69.3 cm³/mol. The van der Waals surface area contributed by atoms with Crippen molar-refractivity contribution in [2.75, 3.05) is 23.3 Å². The van der Waals surface area contributed by atoms with E-state index < -0.39 is 0 Å². The fourth-order valence-electron chi connectivity index (χ4n) is 2.06. The van der Waals surface area contributed by atoms with Gasteiger partial charge in [0.2, 0.25) is 0 Å². The van der Waals surface area contributed by atoms with Crippen LogP contribution in [0.5, 0.6) is 0 Å². The second-order valence-corrected chi connectivity index (χ2v) is 4.98. The Kier molecular flexibility index (Phi) is 3.03. The van der Waals surface area contributed by atoms with E-state index in [4.69, 9.17) is 4.98 Å². The van der Waals surface area contributed by atoms with Crippen molar-refractivity contribution < 1.29 is 0 Å². The first kappa shape index (κ1) is 11.2. The molecule has 0 atom stereocenters. The Balaban J connectivity index is 2.40. The zero-order valence-electron chi connectivity index (χ0n) is 10.6. The minimum Gasteiger partial charge on any atom is -0.380 e. The van der Waals surface area contributed by atoms with E-state index in [9.17, 15) is 0 Å². The van der Waals surface area contributed by atoms with Crippen LogP contribution < -0.4 is 10.2 Å². The molecule has 0 saturated heterocycles. The van der Waals surface area contributed by atoms with Crippen molar-refractivity contribution in [1.82, 2.24) is 4.98 Å². The molecule has 0 aromatic carbocycles. The van der Waals surface area contributed by atoms with Gasteiger partial charge in [0, 0.05) is 24.8 Å². The summed E-state index contributed by atoms with van der Waals surface area (Å²) in [5, 5.41) is 3.41. The molecule has 3 nitrogen and oxygen atoms in total. The molecule has 16 heavy (non-hydrogen) atoms. The van der Waals surface area contributed by atoms with Gasteiger partial charge in [0.25, 0.3) is 0 Å². The van der Waals surface area contributed by atoms with Crippen LogP contribution in [0.2, 0.25) is 0 Å². The van der Waals surface area contributed by atoms with Crippen LogP contribution in [-0.2, 0) is 0 Å². The van der Waals surface area contributed by atoms with Crippen LogP contribution >= 0.6 is 0 Å². The Morgan fingerprint density at radius 2 is 2.00 bits per heavy atom. The van der Waals surface area contributed by atoms with Gasteiger partial charge in [-0.2, -0.15) is 0 Å². The van der Waals surface area contributed by atoms with E-state index in [2.05, 4.69) is 50.0 Å². The van der Waals surface area contributed by atoms with Gasteiger partial charge in [-0.05, 0) is 31.9 Å². The van der Waals surface area contributed by atoms with Gasteiger partial charge in [-0.25, -0.2) is 4.98 Å². The standard InChI is InChI=1S/C13H21N3/c1-9(2)11-5-6-12-13(15-11)16(10(3)4)8-7-14-12/h5-6,9-10,14H,7-8H2,1-4H3. The van der Waals surface area contributed by atoms with Gasteiger partial charge in [-0.3, -0.25) is 0 Å². The lowest BCUT2D eigenvalue weighted by Crippen LogP contribution is -2.39. The van der Waals surface area contributed by atoms with Crippen molar-refractivity contribution in [3.8, 4) is 0 Å². The molecule has 1 aromatic rings. The largest absolute Gasteiger partial charge is 0.380 e. The predicted octanol–water partition coefficient (Wildman–Crippen LogP) is 2.85. The highest BCUT2D eigenvalue weighted by Crippen LogP contribution is 2.30. The average Bonchev–Trinajstić information content (AvgIpc) is 2.27. The molecule has 1 aliphatic rings. The number of anilines is 2. The van der Waals surface area contributed by atoms with Gasteiger partial charge in [0.05, 0.1) is 5.69 Å². The third-order valence-electron chi connectivity index (χ3n) is 3.05. The fourth-order valence-corrected chi connectivity index (χ4v) is 2.06. The van der Waals surface area contributed by atoms with Gasteiger partial charge in [-0.1, -0.05) is 13.8 Å². The second-order valence-electron chi connectivity index (χ2n) is 4.98. The summed E-state index contributed by atoms with van der Waals surface area (Å²) in [7, 11) is 0. The first-order valence-electron chi connectivity index (χ1n) is 6.11. The Morgan fingerprint density at radius 1 is 1.25 bits per heavy atom. The van der Waals surface area contributed by atoms with Crippen LogP contribution in [0.25, 0.3) is 0 Å². The lowest BCUT2D eigenvalue weighted by molar-refractivity contribution is 0.665. The maximum absolute atomic E-state index is 4.78. The van der Waals surface area contributed by atoms with Crippen LogP contribution in [0, 0.1) is 0 Å². The maximum atomic E-state index is 4.78. The molecular formula is C13H21N3. The van der Waals surface area contributed by atoms with Crippen molar-refractivity contribution in [2.24, 2.45) is 0 Å². The van der Waals surface area contributed by atoms with E-state index in [0.29, 0.717) is 12.0 Å². The summed E-state index contributed by atoms with van der Waals surface area (Å²) in [6.07, 6.45) is 0. The summed E-state index contributed by atoms with van der Waals surface area (Å²) in [5.74, 6) is 1.61. The van der Waals surface area contributed by atoms with Gasteiger partial charge in [0.1, 0.15) is 0 Å². The zero-order valence-corrected chi connectivity index (χ0v) is 10.6. The SMILES string of the molecule is CC(C)c1ccc2c(n1)N(C(C)C)CCN2. The topological polar surface area (TPSA) is 28.2 Å². The smallest absolute Gasteiger partial charge is 0.152 e. The third-order valence-corrected chi connectivity index (χ3v) is 3.05. The van der Waals surface area contributed by atoms with Crippen LogP contribution in [0.3, 0.4) is 0 Å². The number of hydrogen-bond donors (Lipinski definition) is 1. The Hall–Kier alpha value is -1.25. The van der Waals surface area contributed by atoms with Crippen molar-refractivity contribution in [3.63, 3.8) is 0 Å². The monoisotopic (exact) mass is 219 g/mol. The lowest BCUT2D eigenvalue weighted by atomic mass is 10.1. The summed E-state index contributed by atoms with van der Waals surface area (Å²) in [6, 6.07) is 4.79. The number of hydrogen-bond acceptors (Lipinski definition) is 3. The molecule has 0 bridgehead atoms. The summed E-state index contributed by atoms with van der Waals surface area (Å²) < 4.78 is 0.